The fourth-order valence-electron chi connectivity index (χ4n) is 2.30. The molecule has 0 radical (unpaired) electrons. The highest BCUT2D eigenvalue weighted by atomic mass is 127. The summed E-state index contributed by atoms with van der Waals surface area (Å²) in [6, 6.07) is 13.5. The van der Waals surface area contributed by atoms with Crippen LogP contribution in [0.3, 0.4) is 0 Å². The second kappa shape index (κ2) is 11.0. The van der Waals surface area contributed by atoms with Gasteiger partial charge in [-0.2, -0.15) is 4.98 Å². The molecule has 0 unspecified atom stereocenters. The highest BCUT2D eigenvalue weighted by Crippen LogP contribution is 2.18. The largest absolute Gasteiger partial charge is 0.357 e. The molecule has 1 heterocycles. The van der Waals surface area contributed by atoms with Crippen molar-refractivity contribution in [1.82, 2.24) is 20.8 Å². The first-order chi connectivity index (χ1) is 13.1. The molecule has 9 heteroatoms. The summed E-state index contributed by atoms with van der Waals surface area (Å²) in [7, 11) is 0. The summed E-state index contributed by atoms with van der Waals surface area (Å²) in [6.07, 6.45) is 0. The third kappa shape index (κ3) is 6.45. The van der Waals surface area contributed by atoms with Crippen LogP contribution < -0.4 is 10.6 Å². The minimum absolute atomic E-state index is 0. The van der Waals surface area contributed by atoms with Crippen LogP contribution in [0.5, 0.6) is 0 Å². The van der Waals surface area contributed by atoms with Crippen molar-refractivity contribution in [2.24, 2.45) is 4.99 Å². The third-order valence-corrected chi connectivity index (χ3v) is 3.91. The number of hydrogen-bond acceptors (Lipinski definition) is 4. The Morgan fingerprint density at radius 3 is 2.50 bits per heavy atom. The fourth-order valence-corrected chi connectivity index (χ4v) is 2.43. The number of nitrogens with one attached hydrogen (secondary N) is 2. The molecule has 2 N–H and O–H groups in total. The number of aliphatic imine (C=N–C) groups is 1. The number of hydrogen-bond donors (Lipinski definition) is 2. The molecule has 0 saturated carbocycles. The quantitative estimate of drug-likeness (QED) is 0.289. The Balaban J connectivity index is 0.00000280. The van der Waals surface area contributed by atoms with E-state index in [4.69, 9.17) is 16.1 Å². The highest BCUT2D eigenvalue weighted by Gasteiger charge is 2.09. The first-order valence-corrected chi connectivity index (χ1v) is 8.87. The molecule has 0 bridgehead atoms. The van der Waals surface area contributed by atoms with E-state index in [1.807, 2.05) is 19.1 Å². The van der Waals surface area contributed by atoms with E-state index in [1.54, 1.807) is 24.3 Å². The normalized spacial score (nSPS) is 11.0. The second-order valence-electron chi connectivity index (χ2n) is 5.69. The molecular formula is C19H20ClFIN5O. The van der Waals surface area contributed by atoms with Gasteiger partial charge in [0.2, 0.25) is 11.7 Å². The van der Waals surface area contributed by atoms with Crippen molar-refractivity contribution in [2.45, 2.75) is 20.0 Å². The van der Waals surface area contributed by atoms with E-state index in [0.29, 0.717) is 42.3 Å². The minimum Gasteiger partial charge on any atom is -0.357 e. The van der Waals surface area contributed by atoms with Crippen LogP contribution in [0.4, 0.5) is 4.39 Å². The summed E-state index contributed by atoms with van der Waals surface area (Å²) < 4.78 is 18.2. The molecule has 0 fully saturated rings. The Kier molecular flexibility index (Phi) is 8.65. The van der Waals surface area contributed by atoms with Crippen LogP contribution in [-0.2, 0) is 13.1 Å². The smallest absolute Gasteiger partial charge is 0.246 e. The minimum atomic E-state index is -0.263. The summed E-state index contributed by atoms with van der Waals surface area (Å²) in [5.74, 6) is 1.28. The highest BCUT2D eigenvalue weighted by molar-refractivity contribution is 14.0. The van der Waals surface area contributed by atoms with Gasteiger partial charge in [0.15, 0.2) is 5.96 Å². The van der Waals surface area contributed by atoms with Gasteiger partial charge in [0.1, 0.15) is 5.82 Å². The van der Waals surface area contributed by atoms with E-state index in [-0.39, 0.29) is 29.8 Å². The molecule has 3 aromatic rings. The third-order valence-electron chi connectivity index (χ3n) is 3.65. The van der Waals surface area contributed by atoms with E-state index in [1.165, 1.54) is 12.1 Å². The SMILES string of the molecule is CCNC(=NCc1ccc(F)cc1)NCc1nc(-c2ccc(Cl)cc2)no1.I. The van der Waals surface area contributed by atoms with Crippen molar-refractivity contribution < 1.29 is 8.91 Å². The van der Waals surface area contributed by atoms with Crippen LogP contribution in [-0.4, -0.2) is 22.6 Å². The van der Waals surface area contributed by atoms with E-state index in [9.17, 15) is 4.39 Å². The molecule has 0 aliphatic heterocycles. The molecule has 0 aliphatic carbocycles. The Hall–Kier alpha value is -2.20. The number of nitrogens with zero attached hydrogens (tertiary/aromatic N) is 3. The number of guanidine groups is 1. The van der Waals surface area contributed by atoms with Crippen LogP contribution in [0.25, 0.3) is 11.4 Å². The first-order valence-electron chi connectivity index (χ1n) is 8.49. The maximum atomic E-state index is 13.0. The Labute approximate surface area is 184 Å². The number of rotatable bonds is 6. The monoisotopic (exact) mass is 515 g/mol. The molecule has 6 nitrogen and oxygen atoms in total. The molecule has 0 spiro atoms. The van der Waals surface area contributed by atoms with Gasteiger partial charge in [0.25, 0.3) is 0 Å². The van der Waals surface area contributed by atoms with Gasteiger partial charge in [-0.3, -0.25) is 0 Å². The molecule has 0 aliphatic rings. The summed E-state index contributed by atoms with van der Waals surface area (Å²) in [4.78, 5) is 8.83. The fraction of sp³-hybridized carbons (Fsp3) is 0.211. The van der Waals surface area contributed by atoms with Gasteiger partial charge in [0, 0.05) is 17.1 Å². The van der Waals surface area contributed by atoms with Gasteiger partial charge in [-0.15, -0.1) is 24.0 Å². The molecule has 28 heavy (non-hydrogen) atoms. The predicted octanol–water partition coefficient (Wildman–Crippen LogP) is 4.40. The lowest BCUT2D eigenvalue weighted by atomic mass is 10.2. The first kappa shape index (κ1) is 22.1. The molecule has 2 aromatic carbocycles. The zero-order valence-electron chi connectivity index (χ0n) is 15.2. The van der Waals surface area contributed by atoms with Gasteiger partial charge in [-0.05, 0) is 48.9 Å². The second-order valence-corrected chi connectivity index (χ2v) is 6.13. The van der Waals surface area contributed by atoms with Gasteiger partial charge in [-0.1, -0.05) is 28.9 Å². The van der Waals surface area contributed by atoms with Crippen molar-refractivity contribution in [3.05, 3.63) is 70.8 Å². The van der Waals surface area contributed by atoms with Crippen molar-refractivity contribution in [3.63, 3.8) is 0 Å². The van der Waals surface area contributed by atoms with Crippen molar-refractivity contribution in [1.29, 1.82) is 0 Å². The lowest BCUT2D eigenvalue weighted by molar-refractivity contribution is 0.375. The molecule has 148 valence electrons. The van der Waals surface area contributed by atoms with E-state index < -0.39 is 0 Å². The predicted molar refractivity (Wildman–Crippen MR) is 118 cm³/mol. The van der Waals surface area contributed by atoms with Crippen LogP contribution >= 0.6 is 35.6 Å². The standard InChI is InChI=1S/C19H19ClFN5O.HI/c1-2-22-19(23-11-13-3-9-16(21)10-4-13)24-12-17-25-18(26-27-17)14-5-7-15(20)8-6-14;/h3-10H,2,11-12H2,1H3,(H2,22,23,24);1H. The molecule has 0 amide bonds. The van der Waals surface area contributed by atoms with Crippen LogP contribution in [0.15, 0.2) is 58.0 Å². The topological polar surface area (TPSA) is 75.3 Å². The zero-order valence-corrected chi connectivity index (χ0v) is 18.2. The Morgan fingerprint density at radius 2 is 1.82 bits per heavy atom. The summed E-state index contributed by atoms with van der Waals surface area (Å²) in [5, 5.41) is 10.9. The maximum absolute atomic E-state index is 13.0. The van der Waals surface area contributed by atoms with Gasteiger partial charge in [0.05, 0.1) is 13.1 Å². The molecule has 1 aromatic heterocycles. The van der Waals surface area contributed by atoms with Crippen LogP contribution in [0.2, 0.25) is 5.02 Å². The molecule has 3 rings (SSSR count). The van der Waals surface area contributed by atoms with Crippen molar-refractivity contribution >= 4 is 41.5 Å². The van der Waals surface area contributed by atoms with Crippen molar-refractivity contribution in [3.8, 4) is 11.4 Å². The van der Waals surface area contributed by atoms with Crippen LogP contribution in [0, 0.1) is 5.82 Å². The van der Waals surface area contributed by atoms with E-state index in [0.717, 1.165) is 11.1 Å². The average molecular weight is 516 g/mol. The van der Waals surface area contributed by atoms with Gasteiger partial charge < -0.3 is 15.2 Å². The van der Waals surface area contributed by atoms with E-state index >= 15 is 0 Å². The van der Waals surface area contributed by atoms with Crippen molar-refractivity contribution in [2.75, 3.05) is 6.54 Å². The van der Waals surface area contributed by atoms with Gasteiger partial charge in [-0.25, -0.2) is 9.38 Å². The average Bonchev–Trinajstić information content (AvgIpc) is 3.15. The van der Waals surface area contributed by atoms with E-state index in [2.05, 4.69) is 25.8 Å². The molecular weight excluding hydrogens is 496 g/mol. The molecule has 0 saturated heterocycles. The Bertz CT molecular complexity index is 899. The summed E-state index contributed by atoms with van der Waals surface area (Å²) in [6.45, 7) is 3.43. The number of halogens is 3. The summed E-state index contributed by atoms with van der Waals surface area (Å²) >= 11 is 5.89. The van der Waals surface area contributed by atoms with Gasteiger partial charge >= 0.3 is 0 Å². The maximum Gasteiger partial charge on any atom is 0.246 e. The Morgan fingerprint density at radius 1 is 1.11 bits per heavy atom. The number of aromatic nitrogens is 2. The summed E-state index contributed by atoms with van der Waals surface area (Å²) in [5.41, 5.74) is 1.74. The molecule has 0 atom stereocenters. The lowest BCUT2D eigenvalue weighted by Crippen LogP contribution is -2.36. The number of benzene rings is 2. The lowest BCUT2D eigenvalue weighted by Gasteiger charge is -2.09. The zero-order chi connectivity index (χ0) is 19.1. The van der Waals surface area contributed by atoms with Crippen LogP contribution in [0.1, 0.15) is 18.4 Å².